The molecular weight excluding hydrogens is 298 g/mol. The van der Waals surface area contributed by atoms with Crippen LogP contribution < -0.4 is 0 Å². The number of likely N-dealkylation sites (tertiary alicyclic amines) is 1. The van der Waals surface area contributed by atoms with Crippen LogP contribution >= 0.6 is 0 Å². The van der Waals surface area contributed by atoms with E-state index in [4.69, 9.17) is 0 Å². The monoisotopic (exact) mass is 319 g/mol. The van der Waals surface area contributed by atoms with Crippen LogP contribution in [0.4, 0.5) is 0 Å². The van der Waals surface area contributed by atoms with Crippen molar-refractivity contribution >= 4 is 16.8 Å². The quantitative estimate of drug-likeness (QED) is 0.738. The Balaban J connectivity index is 1.60. The minimum absolute atomic E-state index is 0.183. The first-order chi connectivity index (χ1) is 11.7. The largest absolute Gasteiger partial charge is 0.335 e. The molecule has 0 saturated carbocycles. The summed E-state index contributed by atoms with van der Waals surface area (Å²) >= 11 is 0. The number of pyridine rings is 1. The van der Waals surface area contributed by atoms with Crippen LogP contribution in [0.5, 0.6) is 0 Å². The molecule has 0 radical (unpaired) electrons. The second-order valence-electron chi connectivity index (χ2n) is 6.46. The Bertz CT molecular complexity index is 869. The minimum Gasteiger partial charge on any atom is -0.335 e. The first-order valence-corrected chi connectivity index (χ1v) is 8.48. The highest BCUT2D eigenvalue weighted by Crippen LogP contribution is 2.32. The van der Waals surface area contributed by atoms with Crippen LogP contribution in [0, 0.1) is 6.92 Å². The Morgan fingerprint density at radius 1 is 1.21 bits per heavy atom. The zero-order valence-corrected chi connectivity index (χ0v) is 13.9. The van der Waals surface area contributed by atoms with Gasteiger partial charge in [0.25, 0.3) is 0 Å². The van der Waals surface area contributed by atoms with Gasteiger partial charge in [0.2, 0.25) is 5.91 Å². The fourth-order valence-electron chi connectivity index (χ4n) is 3.78. The molecular formula is C20H21N3O. The molecule has 1 aromatic carbocycles. The zero-order chi connectivity index (χ0) is 16.5. The third kappa shape index (κ3) is 2.58. The summed E-state index contributed by atoms with van der Waals surface area (Å²) in [5.41, 5.74) is 3.44. The molecule has 0 bridgehead atoms. The molecule has 0 spiro atoms. The lowest BCUT2D eigenvalue weighted by atomic mass is 10.1. The normalized spacial score (nSPS) is 17.5. The van der Waals surface area contributed by atoms with E-state index >= 15 is 0 Å². The summed E-state index contributed by atoms with van der Waals surface area (Å²) in [6, 6.07) is 14.6. The fraction of sp³-hybridized carbons (Fsp3) is 0.300. The first kappa shape index (κ1) is 14.9. The Morgan fingerprint density at radius 2 is 2.00 bits per heavy atom. The standard InChI is InChI=1S/C20H21N3O/c1-15-13-17-5-2-3-6-19(17)23(15)14-20(24)22-12-4-7-18(22)16-8-10-21-11-9-16/h2-3,5-6,8-11,13,18H,4,7,12,14H2,1H3. The van der Waals surface area contributed by atoms with Crippen molar-refractivity contribution in [1.82, 2.24) is 14.5 Å². The van der Waals surface area contributed by atoms with Crippen LogP contribution in [0.15, 0.2) is 54.9 Å². The number of fused-ring (bicyclic) bond motifs is 1. The van der Waals surface area contributed by atoms with Gasteiger partial charge in [-0.1, -0.05) is 18.2 Å². The van der Waals surface area contributed by atoms with Crippen molar-refractivity contribution in [2.24, 2.45) is 0 Å². The van der Waals surface area contributed by atoms with Crippen LogP contribution in [0.2, 0.25) is 0 Å². The summed E-state index contributed by atoms with van der Waals surface area (Å²) in [7, 11) is 0. The number of nitrogens with zero attached hydrogens (tertiary/aromatic N) is 3. The van der Waals surface area contributed by atoms with Gasteiger partial charge in [-0.05, 0) is 55.0 Å². The predicted octanol–water partition coefficient (Wildman–Crippen LogP) is 3.71. The molecule has 2 aromatic heterocycles. The summed E-state index contributed by atoms with van der Waals surface area (Å²) in [4.78, 5) is 19.1. The van der Waals surface area contributed by atoms with Crippen molar-refractivity contribution in [3.8, 4) is 0 Å². The van der Waals surface area contributed by atoms with Gasteiger partial charge < -0.3 is 9.47 Å². The summed E-state index contributed by atoms with van der Waals surface area (Å²) in [5, 5.41) is 1.19. The first-order valence-electron chi connectivity index (χ1n) is 8.48. The van der Waals surface area contributed by atoms with Gasteiger partial charge in [0.15, 0.2) is 0 Å². The van der Waals surface area contributed by atoms with E-state index in [1.807, 2.05) is 29.2 Å². The topological polar surface area (TPSA) is 38.1 Å². The summed E-state index contributed by atoms with van der Waals surface area (Å²) in [6.45, 7) is 3.31. The van der Waals surface area contributed by atoms with E-state index in [0.717, 1.165) is 30.6 Å². The van der Waals surface area contributed by atoms with Gasteiger partial charge in [0.1, 0.15) is 6.54 Å². The molecule has 4 rings (SSSR count). The summed E-state index contributed by atoms with van der Waals surface area (Å²) in [5.74, 6) is 0.193. The highest BCUT2D eigenvalue weighted by Gasteiger charge is 2.30. The number of benzene rings is 1. The van der Waals surface area contributed by atoms with Crippen LogP contribution in [-0.4, -0.2) is 26.9 Å². The lowest BCUT2D eigenvalue weighted by molar-refractivity contribution is -0.132. The highest BCUT2D eigenvalue weighted by atomic mass is 16.2. The summed E-state index contributed by atoms with van der Waals surface area (Å²) < 4.78 is 2.12. The van der Waals surface area contributed by atoms with Crippen molar-refractivity contribution in [3.05, 3.63) is 66.1 Å². The number of carbonyl (C=O) groups excluding carboxylic acids is 1. The Labute approximate surface area is 141 Å². The fourth-order valence-corrected chi connectivity index (χ4v) is 3.78. The molecule has 0 N–H and O–H groups in total. The number of hydrogen-bond acceptors (Lipinski definition) is 2. The van der Waals surface area contributed by atoms with Gasteiger partial charge in [0.05, 0.1) is 6.04 Å². The lowest BCUT2D eigenvalue weighted by Crippen LogP contribution is -2.33. The molecule has 1 amide bonds. The van der Waals surface area contributed by atoms with Crippen LogP contribution in [0.3, 0.4) is 0 Å². The average molecular weight is 319 g/mol. The number of para-hydroxylation sites is 1. The molecule has 1 atom stereocenters. The third-order valence-corrected chi connectivity index (χ3v) is 4.98. The molecule has 1 unspecified atom stereocenters. The second kappa shape index (κ2) is 6.11. The number of hydrogen-bond donors (Lipinski definition) is 0. The average Bonchev–Trinajstić information content (AvgIpc) is 3.21. The predicted molar refractivity (Wildman–Crippen MR) is 94.6 cm³/mol. The minimum atomic E-state index is 0.183. The van der Waals surface area contributed by atoms with E-state index in [1.165, 1.54) is 10.9 Å². The van der Waals surface area contributed by atoms with Gasteiger partial charge in [-0.3, -0.25) is 9.78 Å². The molecule has 1 aliphatic rings. The van der Waals surface area contributed by atoms with E-state index < -0.39 is 0 Å². The highest BCUT2D eigenvalue weighted by molar-refractivity contribution is 5.84. The lowest BCUT2D eigenvalue weighted by Gasteiger charge is -2.25. The van der Waals surface area contributed by atoms with Gasteiger partial charge >= 0.3 is 0 Å². The maximum atomic E-state index is 13.0. The van der Waals surface area contributed by atoms with Crippen LogP contribution in [0.25, 0.3) is 10.9 Å². The smallest absolute Gasteiger partial charge is 0.243 e. The molecule has 1 aliphatic heterocycles. The Kier molecular flexibility index (Phi) is 3.81. The molecule has 0 aliphatic carbocycles. The maximum absolute atomic E-state index is 13.0. The van der Waals surface area contributed by atoms with Crippen molar-refractivity contribution in [1.29, 1.82) is 0 Å². The SMILES string of the molecule is Cc1cc2ccccc2n1CC(=O)N1CCCC1c1ccncc1. The zero-order valence-electron chi connectivity index (χ0n) is 13.9. The van der Waals surface area contributed by atoms with Gasteiger partial charge in [-0.2, -0.15) is 0 Å². The molecule has 24 heavy (non-hydrogen) atoms. The third-order valence-electron chi connectivity index (χ3n) is 4.98. The number of amides is 1. The number of aryl methyl sites for hydroxylation is 1. The number of rotatable bonds is 3. The van der Waals surface area contributed by atoms with Crippen molar-refractivity contribution in [3.63, 3.8) is 0 Å². The van der Waals surface area contributed by atoms with E-state index in [0.29, 0.717) is 6.54 Å². The molecule has 1 saturated heterocycles. The van der Waals surface area contributed by atoms with Crippen molar-refractivity contribution < 1.29 is 4.79 Å². The van der Waals surface area contributed by atoms with E-state index in [1.54, 1.807) is 12.4 Å². The van der Waals surface area contributed by atoms with E-state index in [2.05, 4.69) is 34.7 Å². The Morgan fingerprint density at radius 3 is 2.83 bits per heavy atom. The van der Waals surface area contributed by atoms with Crippen molar-refractivity contribution in [2.75, 3.05) is 6.54 Å². The molecule has 3 heterocycles. The summed E-state index contributed by atoms with van der Waals surface area (Å²) in [6.07, 6.45) is 5.70. The van der Waals surface area contributed by atoms with Gasteiger partial charge in [-0.15, -0.1) is 0 Å². The van der Waals surface area contributed by atoms with Gasteiger partial charge in [-0.25, -0.2) is 0 Å². The van der Waals surface area contributed by atoms with Crippen molar-refractivity contribution in [2.45, 2.75) is 32.4 Å². The maximum Gasteiger partial charge on any atom is 0.243 e. The van der Waals surface area contributed by atoms with Gasteiger partial charge in [0, 0.05) is 30.1 Å². The number of carbonyl (C=O) groups is 1. The molecule has 122 valence electrons. The molecule has 3 aromatic rings. The van der Waals surface area contributed by atoms with Crippen LogP contribution in [0.1, 0.15) is 30.1 Å². The Hall–Kier alpha value is -2.62. The van der Waals surface area contributed by atoms with Crippen LogP contribution in [-0.2, 0) is 11.3 Å². The molecule has 1 fully saturated rings. The number of aromatic nitrogens is 2. The molecule has 4 nitrogen and oxygen atoms in total. The van der Waals surface area contributed by atoms with E-state index in [9.17, 15) is 4.79 Å². The van der Waals surface area contributed by atoms with E-state index in [-0.39, 0.29) is 11.9 Å². The molecule has 4 heteroatoms. The second-order valence-corrected chi connectivity index (χ2v) is 6.46.